The van der Waals surface area contributed by atoms with Gasteiger partial charge in [-0.2, -0.15) is 0 Å². The molecular weight excluding hydrogens is 915 g/mol. The lowest BCUT2D eigenvalue weighted by atomic mass is 9.99. The van der Waals surface area contributed by atoms with E-state index in [4.69, 9.17) is 22.5 Å². The molecular formula is C70H43N3O2. The maximum absolute atomic E-state index is 8.78. The molecule has 5 nitrogen and oxygen atoms in total. The van der Waals surface area contributed by atoms with Crippen LogP contribution in [0, 0.1) is 0 Å². The number of anilines is 6. The lowest BCUT2D eigenvalue weighted by Crippen LogP contribution is -2.09. The molecule has 16 rings (SSSR count). The van der Waals surface area contributed by atoms with Crippen molar-refractivity contribution in [2.24, 2.45) is 0 Å². The van der Waals surface area contributed by atoms with Gasteiger partial charge in [0.2, 0.25) is 0 Å². The number of fused-ring (bicyclic) bond motifs is 14. The highest BCUT2D eigenvalue weighted by molar-refractivity contribution is 6.32. The first-order valence-electron chi connectivity index (χ1n) is 29.7. The topological polar surface area (TPSA) is 37.2 Å². The molecule has 0 radical (unpaired) electrons. The second-order valence-electron chi connectivity index (χ2n) is 18.9. The smallest absolute Gasteiger partial charge is 0.143 e. The molecule has 0 aliphatic heterocycles. The normalized spacial score (nSPS) is 13.9. The summed E-state index contributed by atoms with van der Waals surface area (Å²) >= 11 is 0. The van der Waals surface area contributed by atoms with Crippen LogP contribution in [-0.2, 0) is 0 Å². The van der Waals surface area contributed by atoms with Gasteiger partial charge in [0.05, 0.1) is 30.3 Å². The predicted octanol–water partition coefficient (Wildman–Crippen LogP) is 20.1. The quantitative estimate of drug-likeness (QED) is 0.152. The lowest BCUT2D eigenvalue weighted by molar-refractivity contribution is 0.669. The second kappa shape index (κ2) is 16.2. The van der Waals surface area contributed by atoms with Gasteiger partial charge in [-0.25, -0.2) is 0 Å². The molecule has 4 aromatic heterocycles. The van der Waals surface area contributed by atoms with Crippen molar-refractivity contribution in [3.8, 4) is 22.3 Å². The fourth-order valence-electron chi connectivity index (χ4n) is 11.6. The Morgan fingerprint density at radius 2 is 0.827 bits per heavy atom. The van der Waals surface area contributed by atoms with Crippen molar-refractivity contribution in [2.75, 3.05) is 9.80 Å². The first kappa shape index (κ1) is 32.8. The molecule has 350 valence electrons. The van der Waals surface area contributed by atoms with Gasteiger partial charge in [-0.1, -0.05) is 164 Å². The summed E-state index contributed by atoms with van der Waals surface area (Å²) in [4.78, 5) is 4.46. The van der Waals surface area contributed by atoms with Crippen LogP contribution in [0.15, 0.2) is 269 Å². The first-order valence-corrected chi connectivity index (χ1v) is 24.7. The van der Waals surface area contributed by atoms with E-state index in [0.717, 1.165) is 105 Å². The SMILES string of the molecule is [2H]c1c([2H])c([2H])c(-c2cccc3c2oc2ccc(N(c4ccccc4)c4ccc5cc6c7ccc(N(c8ccccc8)c8ccc9oc%10c(-c%11c([2H])c([2H])c([2H])c([2H])c%11[2H])cccc%10c9c8)cc7n7c8ccccc8c(c5c4)c67)cc23)c([2H])c1[2H]. The summed E-state index contributed by atoms with van der Waals surface area (Å²) in [6.07, 6.45) is 0. The van der Waals surface area contributed by atoms with Crippen LogP contribution in [0.1, 0.15) is 13.7 Å². The molecule has 0 aliphatic rings. The van der Waals surface area contributed by atoms with Crippen molar-refractivity contribution in [3.63, 3.8) is 0 Å². The van der Waals surface area contributed by atoms with Crippen molar-refractivity contribution in [3.05, 3.63) is 261 Å². The summed E-state index contributed by atoms with van der Waals surface area (Å²) in [7, 11) is 0. The summed E-state index contributed by atoms with van der Waals surface area (Å²) in [5, 5.41) is 9.77. The molecule has 0 unspecified atom stereocenters. The molecule has 0 N–H and O–H groups in total. The van der Waals surface area contributed by atoms with Crippen molar-refractivity contribution >= 4 is 127 Å². The van der Waals surface area contributed by atoms with Gasteiger partial charge in [-0.3, -0.25) is 0 Å². The molecule has 0 bridgehead atoms. The van der Waals surface area contributed by atoms with Gasteiger partial charge < -0.3 is 23.0 Å². The largest absolute Gasteiger partial charge is 0.455 e. The third-order valence-electron chi connectivity index (χ3n) is 14.8. The summed E-state index contributed by atoms with van der Waals surface area (Å²) in [5.41, 5.74) is 11.8. The van der Waals surface area contributed by atoms with Crippen LogP contribution in [0.2, 0.25) is 0 Å². The molecule has 75 heavy (non-hydrogen) atoms. The minimum Gasteiger partial charge on any atom is -0.455 e. The Labute approximate surface area is 444 Å². The van der Waals surface area contributed by atoms with Gasteiger partial charge in [0, 0.05) is 88.3 Å². The average Bonchev–Trinajstić information content (AvgIpc) is 1.58. The highest BCUT2D eigenvalue weighted by Crippen LogP contribution is 2.48. The van der Waals surface area contributed by atoms with Gasteiger partial charge in [-0.15, -0.1) is 0 Å². The zero-order chi connectivity index (χ0) is 57.8. The molecule has 0 spiro atoms. The third kappa shape index (κ3) is 6.32. The monoisotopic (exact) mass is 967 g/mol. The Hall–Kier alpha value is -10.1. The fraction of sp³-hybridized carbons (Fsp3) is 0. The molecule has 0 saturated carbocycles. The number of aromatic nitrogens is 1. The molecule has 16 aromatic rings. The average molecular weight is 968 g/mol. The summed E-state index contributed by atoms with van der Waals surface area (Å²) < 4.78 is 101. The van der Waals surface area contributed by atoms with Crippen LogP contribution in [0.4, 0.5) is 34.1 Å². The molecule has 0 aliphatic carbocycles. The second-order valence-corrected chi connectivity index (χ2v) is 18.9. The summed E-state index contributed by atoms with van der Waals surface area (Å²) in [5.74, 6) is 0. The minimum atomic E-state index is -0.448. The Morgan fingerprint density at radius 1 is 0.333 bits per heavy atom. The van der Waals surface area contributed by atoms with E-state index in [1.54, 1.807) is 12.1 Å². The number of para-hydroxylation sites is 5. The maximum Gasteiger partial charge on any atom is 0.143 e. The lowest BCUT2D eigenvalue weighted by Gasteiger charge is -2.26. The van der Waals surface area contributed by atoms with Gasteiger partial charge in [0.1, 0.15) is 22.3 Å². The van der Waals surface area contributed by atoms with Gasteiger partial charge in [0.25, 0.3) is 0 Å². The van der Waals surface area contributed by atoms with Crippen molar-refractivity contribution < 1.29 is 22.5 Å². The Bertz CT molecular complexity index is 5220. The fourth-order valence-corrected chi connectivity index (χ4v) is 11.6. The van der Waals surface area contributed by atoms with E-state index in [0.29, 0.717) is 33.5 Å². The van der Waals surface area contributed by atoms with Crippen LogP contribution in [-0.4, -0.2) is 4.40 Å². The third-order valence-corrected chi connectivity index (χ3v) is 14.8. The predicted molar refractivity (Wildman–Crippen MR) is 313 cm³/mol. The Kier molecular flexibility index (Phi) is 7.09. The number of nitrogens with zero attached hydrogens (tertiary/aromatic N) is 3. The van der Waals surface area contributed by atoms with Gasteiger partial charge in [-0.05, 0) is 119 Å². The van der Waals surface area contributed by atoms with Crippen LogP contribution >= 0.6 is 0 Å². The Balaban J connectivity index is 0.856. The van der Waals surface area contributed by atoms with E-state index in [1.165, 1.54) is 0 Å². The summed E-state index contributed by atoms with van der Waals surface area (Å²) in [6, 6.07) is 64.1. The molecule has 12 aromatic carbocycles. The van der Waals surface area contributed by atoms with Gasteiger partial charge >= 0.3 is 0 Å². The number of benzene rings is 12. The molecule has 0 amide bonds. The number of hydrogen-bond acceptors (Lipinski definition) is 4. The highest BCUT2D eigenvalue weighted by atomic mass is 16.3. The van der Waals surface area contributed by atoms with E-state index >= 15 is 0 Å². The maximum atomic E-state index is 8.78. The van der Waals surface area contributed by atoms with E-state index in [2.05, 4.69) is 117 Å². The van der Waals surface area contributed by atoms with Crippen LogP contribution in [0.3, 0.4) is 0 Å². The van der Waals surface area contributed by atoms with Gasteiger partial charge in [0.15, 0.2) is 0 Å². The zero-order valence-corrected chi connectivity index (χ0v) is 39.7. The first-order chi connectivity index (χ1) is 41.3. The van der Waals surface area contributed by atoms with E-state index in [9.17, 15) is 0 Å². The molecule has 4 heterocycles. The van der Waals surface area contributed by atoms with Crippen molar-refractivity contribution in [1.82, 2.24) is 4.40 Å². The standard InChI is InChI=1S/C70H43N3O2/c1-5-17-44(18-6-1)53-26-15-28-56-60-41-50(34-37-65(60)74-69(53)56)71(47-21-9-3-10-22-47)49-32-31-46-39-62-55-36-33-52(43-64(55)73-63-30-14-13-25-58(63)67(68(62)73)59(46)40-49)72(48-23-11-4-12-24-48)51-35-38-66-61(42-51)57-29-16-27-54(70(57)75-66)45-19-7-2-8-20-45/h1-43H/i1D,2D,5D,6D,7D,8D,17D,18D,19D,20D. The minimum absolute atomic E-state index is 0.0878. The molecule has 0 atom stereocenters. The molecule has 0 saturated heterocycles. The van der Waals surface area contributed by atoms with E-state index in [1.807, 2.05) is 84.9 Å². The Morgan fingerprint density at radius 3 is 1.41 bits per heavy atom. The van der Waals surface area contributed by atoms with E-state index in [-0.39, 0.29) is 35.3 Å². The zero-order valence-electron chi connectivity index (χ0n) is 49.7. The summed E-state index contributed by atoms with van der Waals surface area (Å²) in [6.45, 7) is 0. The van der Waals surface area contributed by atoms with Crippen LogP contribution < -0.4 is 9.80 Å². The number of rotatable bonds is 8. The highest BCUT2D eigenvalue weighted by Gasteiger charge is 2.24. The van der Waals surface area contributed by atoms with Crippen molar-refractivity contribution in [1.29, 1.82) is 0 Å². The van der Waals surface area contributed by atoms with Crippen molar-refractivity contribution in [2.45, 2.75) is 0 Å². The van der Waals surface area contributed by atoms with Crippen LogP contribution in [0.25, 0.3) is 115 Å². The van der Waals surface area contributed by atoms with E-state index < -0.39 is 36.3 Å². The number of hydrogen-bond donors (Lipinski definition) is 0. The number of furan rings is 2. The van der Waals surface area contributed by atoms with Crippen LogP contribution in [0.5, 0.6) is 0 Å². The molecule has 5 heteroatoms. The molecule has 0 fully saturated rings.